The van der Waals surface area contributed by atoms with E-state index in [1.807, 2.05) is 0 Å². The third-order valence-electron chi connectivity index (χ3n) is 2.44. The highest BCUT2D eigenvalue weighted by Crippen LogP contribution is 2.00. The summed E-state index contributed by atoms with van der Waals surface area (Å²) in [5, 5.41) is 13.3. The van der Waals surface area contributed by atoms with Gasteiger partial charge in [0.15, 0.2) is 0 Å². The number of carboxylic acids is 1. The molecule has 1 aliphatic heterocycles. The molecule has 1 atom stereocenters. The predicted octanol–water partition coefficient (Wildman–Crippen LogP) is -1.09. The molecule has 1 aliphatic rings. The van der Waals surface area contributed by atoms with Crippen molar-refractivity contribution in [2.75, 3.05) is 13.1 Å². The standard InChI is InChI=1S/C10H15N3O5/c1-6(2-3-9(16)17)12-7(14)5-13-8(15)4-11-10(13)18/h6H,2-5H2,1H3,(H,11,18)(H,12,14)(H,16,17). The van der Waals surface area contributed by atoms with Crippen molar-refractivity contribution in [2.24, 2.45) is 0 Å². The predicted molar refractivity (Wildman–Crippen MR) is 59.6 cm³/mol. The third kappa shape index (κ3) is 4.04. The Morgan fingerprint density at radius 2 is 2.17 bits per heavy atom. The summed E-state index contributed by atoms with van der Waals surface area (Å²) in [5.41, 5.74) is 0. The Morgan fingerprint density at radius 3 is 2.67 bits per heavy atom. The normalized spacial score (nSPS) is 16.4. The van der Waals surface area contributed by atoms with Crippen LogP contribution in [0.5, 0.6) is 0 Å². The van der Waals surface area contributed by atoms with Crippen LogP contribution in [0, 0.1) is 0 Å². The van der Waals surface area contributed by atoms with Gasteiger partial charge in [0.25, 0.3) is 5.91 Å². The maximum Gasteiger partial charge on any atom is 0.325 e. The molecule has 3 N–H and O–H groups in total. The van der Waals surface area contributed by atoms with E-state index in [9.17, 15) is 19.2 Å². The fourth-order valence-corrected chi connectivity index (χ4v) is 1.49. The summed E-state index contributed by atoms with van der Waals surface area (Å²) in [7, 11) is 0. The Balaban J connectivity index is 2.35. The molecule has 0 spiro atoms. The minimum atomic E-state index is -0.940. The molecule has 4 amide bonds. The fraction of sp³-hybridized carbons (Fsp3) is 0.600. The Hall–Kier alpha value is -2.12. The zero-order valence-corrected chi connectivity index (χ0v) is 9.93. The lowest BCUT2D eigenvalue weighted by Crippen LogP contribution is -2.43. The van der Waals surface area contributed by atoms with Crippen molar-refractivity contribution in [3.8, 4) is 0 Å². The van der Waals surface area contributed by atoms with Crippen molar-refractivity contribution in [2.45, 2.75) is 25.8 Å². The molecule has 0 aliphatic carbocycles. The molecule has 1 saturated heterocycles. The molecule has 8 nitrogen and oxygen atoms in total. The summed E-state index contributed by atoms with van der Waals surface area (Å²) >= 11 is 0. The molecule has 0 saturated carbocycles. The smallest absolute Gasteiger partial charge is 0.325 e. The molecule has 100 valence electrons. The van der Waals surface area contributed by atoms with E-state index in [2.05, 4.69) is 10.6 Å². The van der Waals surface area contributed by atoms with Gasteiger partial charge in [0.2, 0.25) is 5.91 Å². The zero-order chi connectivity index (χ0) is 13.7. The van der Waals surface area contributed by atoms with Gasteiger partial charge in [-0.05, 0) is 13.3 Å². The lowest BCUT2D eigenvalue weighted by atomic mass is 10.2. The largest absolute Gasteiger partial charge is 0.481 e. The topological polar surface area (TPSA) is 116 Å². The van der Waals surface area contributed by atoms with Gasteiger partial charge in [0.05, 0.1) is 6.54 Å². The Bertz CT molecular complexity index is 366. The summed E-state index contributed by atoms with van der Waals surface area (Å²) in [6.45, 7) is 1.22. The SMILES string of the molecule is CC(CCC(=O)O)NC(=O)CN1C(=O)CNC1=O. The van der Waals surface area contributed by atoms with Crippen LogP contribution < -0.4 is 10.6 Å². The molecule has 1 unspecified atom stereocenters. The molecule has 0 aromatic heterocycles. The second-order valence-electron chi connectivity index (χ2n) is 4.04. The van der Waals surface area contributed by atoms with Crippen LogP contribution >= 0.6 is 0 Å². The number of carboxylic acid groups (broad SMARTS) is 1. The highest BCUT2D eigenvalue weighted by atomic mass is 16.4. The van der Waals surface area contributed by atoms with Crippen LogP contribution in [0.15, 0.2) is 0 Å². The summed E-state index contributed by atoms with van der Waals surface area (Å²) < 4.78 is 0. The lowest BCUT2D eigenvalue weighted by molar-refractivity contribution is -0.137. The first kappa shape index (κ1) is 13.9. The summed E-state index contributed by atoms with van der Waals surface area (Å²) in [5.74, 6) is -1.88. The Morgan fingerprint density at radius 1 is 1.50 bits per heavy atom. The number of urea groups is 1. The molecule has 1 heterocycles. The van der Waals surface area contributed by atoms with Crippen LogP contribution in [0.4, 0.5) is 4.79 Å². The van der Waals surface area contributed by atoms with Crippen LogP contribution in [-0.2, 0) is 14.4 Å². The number of hydrogen-bond donors (Lipinski definition) is 3. The third-order valence-corrected chi connectivity index (χ3v) is 2.44. The van der Waals surface area contributed by atoms with Crippen molar-refractivity contribution in [1.82, 2.24) is 15.5 Å². The van der Waals surface area contributed by atoms with E-state index in [4.69, 9.17) is 5.11 Å². The average molecular weight is 257 g/mol. The molecule has 0 radical (unpaired) electrons. The molecule has 8 heteroatoms. The van der Waals surface area contributed by atoms with Gasteiger partial charge in [0.1, 0.15) is 6.54 Å². The van der Waals surface area contributed by atoms with E-state index in [1.54, 1.807) is 6.92 Å². The Kier molecular flexibility index (Phi) is 4.64. The number of imide groups is 1. The van der Waals surface area contributed by atoms with Gasteiger partial charge < -0.3 is 15.7 Å². The van der Waals surface area contributed by atoms with Crippen molar-refractivity contribution in [3.05, 3.63) is 0 Å². The van der Waals surface area contributed by atoms with Gasteiger partial charge in [-0.2, -0.15) is 0 Å². The van der Waals surface area contributed by atoms with E-state index in [0.717, 1.165) is 4.90 Å². The first-order chi connectivity index (χ1) is 8.40. The minimum absolute atomic E-state index is 0.0510. The lowest BCUT2D eigenvalue weighted by Gasteiger charge is -2.16. The van der Waals surface area contributed by atoms with E-state index in [1.165, 1.54) is 0 Å². The first-order valence-electron chi connectivity index (χ1n) is 5.49. The number of nitrogens with one attached hydrogen (secondary N) is 2. The van der Waals surface area contributed by atoms with Gasteiger partial charge in [-0.25, -0.2) is 4.79 Å². The van der Waals surface area contributed by atoms with Crippen LogP contribution in [0.25, 0.3) is 0 Å². The van der Waals surface area contributed by atoms with Crippen molar-refractivity contribution >= 4 is 23.8 Å². The van der Waals surface area contributed by atoms with Gasteiger partial charge in [-0.15, -0.1) is 0 Å². The first-order valence-corrected chi connectivity index (χ1v) is 5.49. The van der Waals surface area contributed by atoms with E-state index < -0.39 is 23.8 Å². The number of hydrogen-bond acceptors (Lipinski definition) is 4. The molecule has 0 aromatic carbocycles. The monoisotopic (exact) mass is 257 g/mol. The molecular weight excluding hydrogens is 242 g/mol. The van der Waals surface area contributed by atoms with Crippen LogP contribution in [0.3, 0.4) is 0 Å². The summed E-state index contributed by atoms with van der Waals surface area (Å²) in [6, 6.07) is -0.914. The average Bonchev–Trinajstić information content (AvgIpc) is 2.58. The zero-order valence-electron chi connectivity index (χ0n) is 9.93. The molecule has 18 heavy (non-hydrogen) atoms. The van der Waals surface area contributed by atoms with Crippen molar-refractivity contribution in [1.29, 1.82) is 0 Å². The molecular formula is C10H15N3O5. The van der Waals surface area contributed by atoms with Crippen LogP contribution in [0.2, 0.25) is 0 Å². The van der Waals surface area contributed by atoms with Crippen LogP contribution in [-0.4, -0.2) is 53.0 Å². The van der Waals surface area contributed by atoms with E-state index in [-0.39, 0.29) is 25.6 Å². The number of nitrogens with zero attached hydrogens (tertiary/aromatic N) is 1. The number of amides is 4. The molecule has 1 rings (SSSR count). The number of aliphatic carboxylic acids is 1. The summed E-state index contributed by atoms with van der Waals surface area (Å²) in [4.78, 5) is 45.0. The van der Waals surface area contributed by atoms with Gasteiger partial charge in [0, 0.05) is 12.5 Å². The quantitative estimate of drug-likeness (QED) is 0.523. The number of carbonyl (C=O) groups is 4. The second kappa shape index (κ2) is 5.99. The van der Waals surface area contributed by atoms with Crippen molar-refractivity contribution in [3.63, 3.8) is 0 Å². The van der Waals surface area contributed by atoms with Crippen molar-refractivity contribution < 1.29 is 24.3 Å². The summed E-state index contributed by atoms with van der Waals surface area (Å²) in [6.07, 6.45) is 0.242. The molecule has 0 bridgehead atoms. The molecule has 0 aromatic rings. The van der Waals surface area contributed by atoms with E-state index in [0.29, 0.717) is 6.42 Å². The minimum Gasteiger partial charge on any atom is -0.481 e. The molecule has 1 fully saturated rings. The van der Waals surface area contributed by atoms with Gasteiger partial charge in [-0.1, -0.05) is 0 Å². The van der Waals surface area contributed by atoms with Gasteiger partial charge in [-0.3, -0.25) is 19.3 Å². The van der Waals surface area contributed by atoms with Crippen LogP contribution in [0.1, 0.15) is 19.8 Å². The maximum absolute atomic E-state index is 11.5. The second-order valence-corrected chi connectivity index (χ2v) is 4.04. The van der Waals surface area contributed by atoms with E-state index >= 15 is 0 Å². The maximum atomic E-state index is 11.5. The van der Waals surface area contributed by atoms with Gasteiger partial charge >= 0.3 is 12.0 Å². The number of carbonyl (C=O) groups excluding carboxylic acids is 3. The highest BCUT2D eigenvalue weighted by Gasteiger charge is 2.30. The fourth-order valence-electron chi connectivity index (χ4n) is 1.49. The highest BCUT2D eigenvalue weighted by molar-refractivity contribution is 6.04. The number of rotatable bonds is 6. The Labute approximate surface area is 103 Å².